The molecule has 6 rings (SSSR count). The molecule has 1 aliphatic carbocycles. The van der Waals surface area contributed by atoms with Crippen LogP contribution >= 0.6 is 0 Å². The van der Waals surface area contributed by atoms with Crippen molar-refractivity contribution in [3.05, 3.63) is 94.0 Å². The van der Waals surface area contributed by atoms with Crippen LogP contribution in [-0.4, -0.2) is 74.7 Å². The number of aldehydes is 3. The molecule has 1 N–H and O–H groups in total. The molecule has 3 aromatic carbocycles. The SMILES string of the molecule is CC1=C(c2ccc(C)c(N(CC(C)OC3CN(c4cc(C=O)c(CN(C)C(C=O)CCC=O)cc4F)C3)c3ccc(C4(C#N)CC4)cc3)c2)C(C)NO1. The van der Waals surface area contributed by atoms with Crippen LogP contribution in [0.15, 0.2) is 60.4 Å². The molecule has 2 heterocycles. The molecule has 1 saturated carbocycles. The third-order valence-corrected chi connectivity index (χ3v) is 10.8. The molecule has 1 saturated heterocycles. The zero-order chi connectivity index (χ0) is 37.9. The Kier molecular flexibility index (Phi) is 11.4. The maximum atomic E-state index is 15.5. The molecule has 2 aliphatic heterocycles. The lowest BCUT2D eigenvalue weighted by molar-refractivity contribution is -0.113. The molecule has 3 unspecified atom stereocenters. The molecule has 3 atom stereocenters. The van der Waals surface area contributed by atoms with E-state index in [-0.39, 0.29) is 36.6 Å². The van der Waals surface area contributed by atoms with Gasteiger partial charge in [-0.05, 0) is 107 Å². The summed E-state index contributed by atoms with van der Waals surface area (Å²) in [5.41, 5.74) is 10.2. The number of carbonyl (C=O) groups is 3. The molecule has 3 aliphatic rings. The molecule has 0 spiro atoms. The van der Waals surface area contributed by atoms with Gasteiger partial charge in [0.15, 0.2) is 0 Å². The van der Waals surface area contributed by atoms with Crippen LogP contribution < -0.4 is 15.3 Å². The minimum atomic E-state index is -0.510. The molecule has 0 radical (unpaired) electrons. The number of benzene rings is 3. The zero-order valence-electron chi connectivity index (χ0n) is 31.1. The predicted molar refractivity (Wildman–Crippen MR) is 202 cm³/mol. The van der Waals surface area contributed by atoms with Gasteiger partial charge < -0.3 is 29.0 Å². The van der Waals surface area contributed by atoms with Gasteiger partial charge >= 0.3 is 0 Å². The Balaban J connectivity index is 1.17. The smallest absolute Gasteiger partial charge is 0.150 e. The van der Waals surface area contributed by atoms with Crippen molar-refractivity contribution in [1.29, 1.82) is 5.26 Å². The van der Waals surface area contributed by atoms with Gasteiger partial charge in [-0.25, -0.2) is 4.39 Å². The summed E-state index contributed by atoms with van der Waals surface area (Å²) >= 11 is 0. The van der Waals surface area contributed by atoms with E-state index >= 15 is 4.39 Å². The number of anilines is 3. The lowest BCUT2D eigenvalue weighted by Gasteiger charge is -2.42. The highest BCUT2D eigenvalue weighted by atomic mass is 19.1. The van der Waals surface area contributed by atoms with E-state index in [2.05, 4.69) is 72.8 Å². The van der Waals surface area contributed by atoms with Gasteiger partial charge in [0.1, 0.15) is 30.4 Å². The quantitative estimate of drug-likeness (QED) is 0.154. The Labute approximate surface area is 311 Å². The minimum Gasteiger partial charge on any atom is -0.413 e. The van der Waals surface area contributed by atoms with Gasteiger partial charge in [0.2, 0.25) is 0 Å². The Morgan fingerprint density at radius 3 is 2.45 bits per heavy atom. The number of allylic oxidation sites excluding steroid dienone is 1. The number of hydrogen-bond acceptors (Lipinski definition) is 10. The maximum absolute atomic E-state index is 15.5. The van der Waals surface area contributed by atoms with Crippen molar-refractivity contribution in [3.8, 4) is 6.07 Å². The molecule has 0 bridgehead atoms. The number of carbonyl (C=O) groups excluding carboxylic acids is 3. The van der Waals surface area contributed by atoms with E-state index in [1.54, 1.807) is 18.0 Å². The van der Waals surface area contributed by atoms with Crippen molar-refractivity contribution in [3.63, 3.8) is 0 Å². The van der Waals surface area contributed by atoms with E-state index in [0.717, 1.165) is 64.8 Å². The fourth-order valence-corrected chi connectivity index (χ4v) is 7.48. The van der Waals surface area contributed by atoms with Crippen molar-refractivity contribution in [1.82, 2.24) is 10.4 Å². The van der Waals surface area contributed by atoms with Crippen LogP contribution in [-0.2, 0) is 31.1 Å². The number of ether oxygens (including phenoxy) is 1. The van der Waals surface area contributed by atoms with Crippen molar-refractivity contribution >= 4 is 41.5 Å². The van der Waals surface area contributed by atoms with Crippen LogP contribution in [0.5, 0.6) is 0 Å². The normalized spacial score (nSPS) is 18.9. The van der Waals surface area contributed by atoms with E-state index in [1.165, 1.54) is 6.07 Å². The molecule has 3 aromatic rings. The summed E-state index contributed by atoms with van der Waals surface area (Å²) in [6.45, 7) is 9.85. The molecule has 278 valence electrons. The van der Waals surface area contributed by atoms with E-state index in [0.29, 0.717) is 49.2 Å². The Morgan fingerprint density at radius 1 is 1.11 bits per heavy atom. The van der Waals surface area contributed by atoms with Gasteiger partial charge in [0, 0.05) is 55.1 Å². The van der Waals surface area contributed by atoms with Crippen LogP contribution in [0.1, 0.15) is 79.1 Å². The van der Waals surface area contributed by atoms with E-state index in [4.69, 9.17) is 9.57 Å². The van der Waals surface area contributed by atoms with Gasteiger partial charge in [-0.1, -0.05) is 24.3 Å². The molecule has 0 amide bonds. The van der Waals surface area contributed by atoms with Crippen molar-refractivity contribution in [2.45, 2.75) is 89.6 Å². The third-order valence-electron chi connectivity index (χ3n) is 10.8. The second-order valence-electron chi connectivity index (χ2n) is 14.7. The van der Waals surface area contributed by atoms with Crippen LogP contribution in [0.25, 0.3) is 5.57 Å². The fraction of sp³-hybridized carbons (Fsp3) is 0.429. The molecule has 2 fully saturated rings. The van der Waals surface area contributed by atoms with Gasteiger partial charge in [0.25, 0.3) is 0 Å². The topological polar surface area (TPSA) is 115 Å². The van der Waals surface area contributed by atoms with Gasteiger partial charge in [-0.3, -0.25) is 9.69 Å². The maximum Gasteiger partial charge on any atom is 0.150 e. The predicted octanol–water partition coefficient (Wildman–Crippen LogP) is 6.57. The largest absolute Gasteiger partial charge is 0.413 e. The second kappa shape index (κ2) is 16.0. The van der Waals surface area contributed by atoms with Gasteiger partial charge in [-0.15, -0.1) is 5.48 Å². The number of nitrogens with zero attached hydrogens (tertiary/aromatic N) is 4. The summed E-state index contributed by atoms with van der Waals surface area (Å²) in [6, 6.07) is 19.7. The van der Waals surface area contributed by atoms with Crippen molar-refractivity contribution < 1.29 is 28.3 Å². The highest BCUT2D eigenvalue weighted by Crippen LogP contribution is 2.48. The molecule has 10 nitrogen and oxygen atoms in total. The number of nitriles is 1. The lowest BCUT2D eigenvalue weighted by Crippen LogP contribution is -2.54. The summed E-state index contributed by atoms with van der Waals surface area (Å²) in [6.07, 6.45) is 4.27. The lowest BCUT2D eigenvalue weighted by atomic mass is 9.96. The number of nitrogens with one attached hydrogen (secondary N) is 1. The average Bonchev–Trinajstić information content (AvgIpc) is 3.87. The van der Waals surface area contributed by atoms with Crippen LogP contribution in [0.2, 0.25) is 0 Å². The molecular formula is C42H48FN5O5. The van der Waals surface area contributed by atoms with E-state index in [9.17, 15) is 19.6 Å². The number of hydroxylamine groups is 1. The number of halogens is 1. The second-order valence-corrected chi connectivity index (χ2v) is 14.7. The Morgan fingerprint density at radius 2 is 1.85 bits per heavy atom. The minimum absolute atomic E-state index is 0.0434. The monoisotopic (exact) mass is 721 g/mol. The van der Waals surface area contributed by atoms with Crippen molar-refractivity contribution in [2.24, 2.45) is 0 Å². The van der Waals surface area contributed by atoms with Crippen LogP contribution in [0, 0.1) is 24.1 Å². The van der Waals surface area contributed by atoms with Crippen LogP contribution in [0.3, 0.4) is 0 Å². The zero-order valence-corrected chi connectivity index (χ0v) is 31.1. The number of likely N-dealkylation sites (N-methyl/N-ethyl adjacent to an activating group) is 1. The number of rotatable bonds is 17. The molecule has 53 heavy (non-hydrogen) atoms. The van der Waals surface area contributed by atoms with E-state index < -0.39 is 11.9 Å². The first-order chi connectivity index (χ1) is 25.5. The van der Waals surface area contributed by atoms with Gasteiger partial charge in [0.05, 0.1) is 41.5 Å². The number of aryl methyl sites for hydroxylation is 1. The van der Waals surface area contributed by atoms with E-state index in [1.807, 2.05) is 18.7 Å². The number of hydrogen-bond donors (Lipinski definition) is 1. The molecule has 11 heteroatoms. The standard InChI is InChI=1S/C42H48FN5O5/c1-27-8-9-31(41-29(3)45-53-30(41)4)18-39(27)48(35-12-10-34(11-13-35)42(26-44)14-15-42)20-28(2)52-37-22-47(23-37)40-19-33(24-50)32(17-38(40)43)21-46(5)36(25-51)7-6-16-49/h8-13,16-19,24-25,28-29,36-37,45H,6-7,14-15,20-23H2,1-5H3. The van der Waals surface area contributed by atoms with Gasteiger partial charge in [-0.2, -0.15) is 5.26 Å². The third kappa shape index (κ3) is 8.05. The highest BCUT2D eigenvalue weighted by molar-refractivity contribution is 5.80. The molecule has 0 aromatic heterocycles. The summed E-state index contributed by atoms with van der Waals surface area (Å²) < 4.78 is 22.0. The first-order valence-corrected chi connectivity index (χ1v) is 18.3. The summed E-state index contributed by atoms with van der Waals surface area (Å²) in [4.78, 5) is 45.9. The molecular weight excluding hydrogens is 673 g/mol. The Hall–Kier alpha value is -4.89. The average molecular weight is 722 g/mol. The first kappa shape index (κ1) is 37.9. The highest BCUT2D eigenvalue weighted by Gasteiger charge is 2.44. The fourth-order valence-electron chi connectivity index (χ4n) is 7.48. The summed E-state index contributed by atoms with van der Waals surface area (Å²) in [5, 5.41) is 9.78. The van der Waals surface area contributed by atoms with Crippen LogP contribution in [0.4, 0.5) is 21.5 Å². The summed E-state index contributed by atoms with van der Waals surface area (Å²) in [7, 11) is 1.72. The van der Waals surface area contributed by atoms with Crippen molar-refractivity contribution in [2.75, 3.05) is 36.5 Å². The Bertz CT molecular complexity index is 1910. The summed E-state index contributed by atoms with van der Waals surface area (Å²) in [5.74, 6) is 0.398. The first-order valence-electron chi connectivity index (χ1n) is 18.3.